The second-order valence-corrected chi connectivity index (χ2v) is 13.1. The minimum Gasteiger partial charge on any atom is -0.352 e. The Morgan fingerprint density at radius 1 is 0.905 bits per heavy atom. The van der Waals surface area contributed by atoms with E-state index in [4.69, 9.17) is 0 Å². The molecular weight excluding hydrogens is 546 g/mol. The molecule has 0 saturated carbocycles. The normalized spacial score (nSPS) is 12.8. The lowest BCUT2D eigenvalue weighted by molar-refractivity contribution is -0.141. The van der Waals surface area contributed by atoms with Crippen molar-refractivity contribution in [2.24, 2.45) is 0 Å². The third kappa shape index (κ3) is 9.18. The van der Waals surface area contributed by atoms with Crippen LogP contribution in [0.1, 0.15) is 60.9 Å². The molecule has 0 bridgehead atoms. The minimum absolute atomic E-state index is 0.0346. The quantitative estimate of drug-likeness (QED) is 0.260. The highest BCUT2D eigenvalue weighted by Gasteiger charge is 2.31. The maximum absolute atomic E-state index is 14.0. The molecule has 0 aliphatic rings. The van der Waals surface area contributed by atoms with Gasteiger partial charge in [-0.1, -0.05) is 79.2 Å². The van der Waals surface area contributed by atoms with Gasteiger partial charge in [0.15, 0.2) is 0 Å². The third-order valence-electron chi connectivity index (χ3n) is 7.70. The van der Waals surface area contributed by atoms with Crippen LogP contribution in [0.25, 0.3) is 0 Å². The van der Waals surface area contributed by atoms with Crippen molar-refractivity contribution in [3.63, 3.8) is 0 Å². The zero-order valence-corrected chi connectivity index (χ0v) is 26.6. The Balaban J connectivity index is 1.91. The van der Waals surface area contributed by atoms with Crippen LogP contribution in [0, 0.1) is 20.8 Å². The summed E-state index contributed by atoms with van der Waals surface area (Å²) in [6, 6.07) is 22.5. The van der Waals surface area contributed by atoms with E-state index in [1.165, 1.54) is 10.6 Å². The Morgan fingerprint density at radius 3 is 2.21 bits per heavy atom. The van der Waals surface area contributed by atoms with Crippen LogP contribution in [0.15, 0.2) is 72.8 Å². The van der Waals surface area contributed by atoms with Gasteiger partial charge in [-0.15, -0.1) is 0 Å². The molecule has 3 aromatic carbocycles. The molecule has 0 aliphatic heterocycles. The van der Waals surface area contributed by atoms with Crippen molar-refractivity contribution in [3.05, 3.63) is 101 Å². The molecule has 0 heterocycles. The standard InChI is InChI=1S/C34H45N3O4S/c1-7-27(4)35-34(39)32(23-29-16-9-8-10-17-29)36(24-30-18-11-14-25(2)22-30)33(38)20-13-21-37(42(6,40)41)31-19-12-15-26(3)28(31)5/h8-12,14-19,22,27,32H,7,13,20-21,23-24H2,1-6H3,(H,35,39). The number of carbonyl (C=O) groups is 2. The maximum Gasteiger partial charge on any atom is 0.243 e. The van der Waals surface area contributed by atoms with E-state index in [2.05, 4.69) is 5.32 Å². The molecule has 0 aliphatic carbocycles. The van der Waals surface area contributed by atoms with Crippen molar-refractivity contribution in [2.75, 3.05) is 17.1 Å². The number of hydrogen-bond acceptors (Lipinski definition) is 4. The van der Waals surface area contributed by atoms with E-state index in [0.717, 1.165) is 34.2 Å². The Kier molecular flexibility index (Phi) is 11.7. The lowest BCUT2D eigenvalue weighted by atomic mass is 10.0. The largest absolute Gasteiger partial charge is 0.352 e. The average Bonchev–Trinajstić information content (AvgIpc) is 2.94. The highest BCUT2D eigenvalue weighted by atomic mass is 32.2. The van der Waals surface area contributed by atoms with Gasteiger partial charge >= 0.3 is 0 Å². The summed E-state index contributed by atoms with van der Waals surface area (Å²) in [5.74, 6) is -0.381. The molecule has 1 N–H and O–H groups in total. The van der Waals surface area contributed by atoms with Crippen LogP contribution in [-0.4, -0.2) is 50.0 Å². The number of anilines is 1. The number of nitrogens with zero attached hydrogens (tertiary/aromatic N) is 2. The first-order valence-corrected chi connectivity index (χ1v) is 16.5. The van der Waals surface area contributed by atoms with Gasteiger partial charge in [-0.3, -0.25) is 13.9 Å². The molecule has 0 aromatic heterocycles. The van der Waals surface area contributed by atoms with E-state index in [-0.39, 0.29) is 37.4 Å². The summed E-state index contributed by atoms with van der Waals surface area (Å²) in [5.41, 5.74) is 5.47. The fourth-order valence-corrected chi connectivity index (χ4v) is 6.01. The van der Waals surface area contributed by atoms with Gasteiger partial charge in [-0.05, 0) is 68.9 Å². The van der Waals surface area contributed by atoms with Crippen molar-refractivity contribution in [2.45, 2.75) is 78.9 Å². The molecule has 0 spiro atoms. The molecule has 0 saturated heterocycles. The first kappa shape index (κ1) is 32.9. The molecule has 7 nitrogen and oxygen atoms in total. The number of aryl methyl sites for hydroxylation is 2. The van der Waals surface area contributed by atoms with Crippen LogP contribution >= 0.6 is 0 Å². The topological polar surface area (TPSA) is 86.8 Å². The summed E-state index contributed by atoms with van der Waals surface area (Å²) in [4.78, 5) is 29.4. The van der Waals surface area contributed by atoms with Crippen LogP contribution in [-0.2, 0) is 32.6 Å². The van der Waals surface area contributed by atoms with E-state index in [9.17, 15) is 18.0 Å². The fraction of sp³-hybridized carbons (Fsp3) is 0.412. The van der Waals surface area contributed by atoms with Crippen molar-refractivity contribution < 1.29 is 18.0 Å². The van der Waals surface area contributed by atoms with Crippen LogP contribution in [0.5, 0.6) is 0 Å². The zero-order chi connectivity index (χ0) is 30.9. The van der Waals surface area contributed by atoms with Crippen LogP contribution in [0.2, 0.25) is 0 Å². The lowest BCUT2D eigenvalue weighted by Crippen LogP contribution is -2.52. The zero-order valence-electron chi connectivity index (χ0n) is 25.8. The van der Waals surface area contributed by atoms with E-state index < -0.39 is 16.1 Å². The van der Waals surface area contributed by atoms with Gasteiger partial charge in [0.2, 0.25) is 21.8 Å². The SMILES string of the molecule is CCC(C)NC(=O)C(Cc1ccccc1)N(Cc1cccc(C)c1)C(=O)CCCN(c1cccc(C)c1C)S(C)(=O)=O. The van der Waals surface area contributed by atoms with Gasteiger partial charge in [0.25, 0.3) is 0 Å². The Hall–Kier alpha value is -3.65. The third-order valence-corrected chi connectivity index (χ3v) is 8.88. The van der Waals surface area contributed by atoms with Gasteiger partial charge in [-0.2, -0.15) is 0 Å². The van der Waals surface area contributed by atoms with E-state index in [1.54, 1.807) is 11.0 Å². The first-order chi connectivity index (χ1) is 19.9. The van der Waals surface area contributed by atoms with Crippen molar-refractivity contribution >= 4 is 27.5 Å². The Labute approximate surface area is 252 Å². The van der Waals surface area contributed by atoms with Gasteiger partial charge in [-0.25, -0.2) is 8.42 Å². The van der Waals surface area contributed by atoms with Gasteiger partial charge in [0.1, 0.15) is 6.04 Å². The Bertz CT molecular complexity index is 1460. The van der Waals surface area contributed by atoms with E-state index >= 15 is 0 Å². The molecule has 3 aromatic rings. The molecule has 0 radical (unpaired) electrons. The minimum atomic E-state index is -3.57. The number of sulfonamides is 1. The van der Waals surface area contributed by atoms with Crippen LogP contribution in [0.4, 0.5) is 5.69 Å². The highest BCUT2D eigenvalue weighted by molar-refractivity contribution is 7.92. The highest BCUT2D eigenvalue weighted by Crippen LogP contribution is 2.26. The summed E-state index contributed by atoms with van der Waals surface area (Å²) in [6.45, 7) is 10.3. The second-order valence-electron chi connectivity index (χ2n) is 11.2. The molecular formula is C34H45N3O4S. The molecule has 42 heavy (non-hydrogen) atoms. The maximum atomic E-state index is 14.0. The molecule has 2 amide bonds. The van der Waals surface area contributed by atoms with Crippen molar-refractivity contribution in [1.29, 1.82) is 0 Å². The average molecular weight is 592 g/mol. The number of rotatable bonds is 14. The van der Waals surface area contributed by atoms with Crippen LogP contribution < -0.4 is 9.62 Å². The van der Waals surface area contributed by atoms with E-state index in [0.29, 0.717) is 18.5 Å². The lowest BCUT2D eigenvalue weighted by Gasteiger charge is -2.33. The molecule has 0 fully saturated rings. The summed E-state index contributed by atoms with van der Waals surface area (Å²) in [6.07, 6.45) is 2.75. The molecule has 8 heteroatoms. The van der Waals surface area contributed by atoms with Gasteiger partial charge in [0, 0.05) is 32.0 Å². The number of hydrogen-bond donors (Lipinski definition) is 1. The number of amides is 2. The first-order valence-electron chi connectivity index (χ1n) is 14.6. The van der Waals surface area contributed by atoms with Gasteiger partial charge < -0.3 is 10.2 Å². The van der Waals surface area contributed by atoms with Gasteiger partial charge in [0.05, 0.1) is 11.9 Å². The summed E-state index contributed by atoms with van der Waals surface area (Å²) >= 11 is 0. The summed E-state index contributed by atoms with van der Waals surface area (Å²) in [7, 11) is -3.57. The van der Waals surface area contributed by atoms with E-state index in [1.807, 2.05) is 101 Å². The van der Waals surface area contributed by atoms with Crippen LogP contribution in [0.3, 0.4) is 0 Å². The predicted molar refractivity (Wildman–Crippen MR) is 171 cm³/mol. The fourth-order valence-electron chi connectivity index (χ4n) is 4.99. The number of nitrogens with one attached hydrogen (secondary N) is 1. The molecule has 2 atom stereocenters. The summed E-state index contributed by atoms with van der Waals surface area (Å²) in [5, 5.41) is 3.09. The number of carbonyl (C=O) groups excluding carboxylic acids is 2. The number of benzene rings is 3. The van der Waals surface area contributed by atoms with Crippen molar-refractivity contribution in [1.82, 2.24) is 10.2 Å². The predicted octanol–water partition coefficient (Wildman–Crippen LogP) is 5.71. The Morgan fingerprint density at radius 2 is 1.57 bits per heavy atom. The smallest absolute Gasteiger partial charge is 0.243 e. The second kappa shape index (κ2) is 15.0. The van der Waals surface area contributed by atoms with Crippen molar-refractivity contribution in [3.8, 4) is 0 Å². The molecule has 226 valence electrons. The molecule has 3 rings (SSSR count). The summed E-state index contributed by atoms with van der Waals surface area (Å²) < 4.78 is 27.0. The molecule has 2 unspecified atom stereocenters. The monoisotopic (exact) mass is 591 g/mol.